The second-order valence-corrected chi connectivity index (χ2v) is 4.50. The maximum atomic E-state index is 9.58. The van der Waals surface area contributed by atoms with Crippen molar-refractivity contribution >= 4 is 48.9 Å². The molecular formula is C15H26BaO. The van der Waals surface area contributed by atoms with E-state index in [4.69, 9.17) is 0 Å². The number of aryl methyl sites for hydroxylation is 1. The minimum atomic E-state index is 0. The molecule has 0 saturated heterocycles. The normalized spacial score (nSPS) is 9.94. The molecule has 0 unspecified atom stereocenters. The molecule has 1 rings (SSSR count). The van der Waals surface area contributed by atoms with Gasteiger partial charge in [-0.05, 0) is 24.5 Å². The fourth-order valence-electron chi connectivity index (χ4n) is 1.99. The van der Waals surface area contributed by atoms with Crippen molar-refractivity contribution in [2.75, 3.05) is 0 Å². The van der Waals surface area contributed by atoms with Crippen LogP contribution in [0, 0.1) is 0 Å². The van der Waals surface area contributed by atoms with E-state index in [9.17, 15) is 5.11 Å². The van der Waals surface area contributed by atoms with Gasteiger partial charge in [0.05, 0.1) is 0 Å². The number of rotatable bonds is 8. The Morgan fingerprint density at radius 3 is 2.12 bits per heavy atom. The van der Waals surface area contributed by atoms with Crippen LogP contribution in [-0.2, 0) is 6.42 Å². The van der Waals surface area contributed by atoms with Crippen molar-refractivity contribution in [1.29, 1.82) is 0 Å². The van der Waals surface area contributed by atoms with Gasteiger partial charge < -0.3 is 5.11 Å². The molecule has 0 heterocycles. The molecule has 1 N–H and O–H groups in total. The van der Waals surface area contributed by atoms with Crippen LogP contribution in [-0.4, -0.2) is 54.0 Å². The maximum absolute atomic E-state index is 9.58. The zero-order valence-corrected chi connectivity index (χ0v) is 10.4. The summed E-state index contributed by atoms with van der Waals surface area (Å²) in [5, 5.41) is 9.58. The Morgan fingerprint density at radius 1 is 0.882 bits per heavy atom. The molecule has 94 valence electrons. The average Bonchev–Trinajstić information content (AvgIpc) is 2.30. The van der Waals surface area contributed by atoms with Gasteiger partial charge in [-0.15, -0.1) is 0 Å². The SMILES string of the molecule is CCCCCCCCCc1ccccc1O.[BaH2]. The summed E-state index contributed by atoms with van der Waals surface area (Å²) in [4.78, 5) is 0. The molecule has 0 spiro atoms. The van der Waals surface area contributed by atoms with E-state index in [1.54, 1.807) is 6.07 Å². The standard InChI is InChI=1S/C15H24O.Ba.2H/c1-2-3-4-5-6-7-8-11-14-12-9-10-13-15(14)16;;;/h9-10,12-13,16H,2-8,11H2,1H3;;;. The third-order valence-corrected chi connectivity index (χ3v) is 3.04. The number of hydrogen-bond donors (Lipinski definition) is 1. The van der Waals surface area contributed by atoms with Crippen LogP contribution in [0.3, 0.4) is 0 Å². The first-order valence-electron chi connectivity index (χ1n) is 6.61. The van der Waals surface area contributed by atoms with Gasteiger partial charge in [-0.2, -0.15) is 0 Å². The topological polar surface area (TPSA) is 20.2 Å². The zero-order valence-electron chi connectivity index (χ0n) is 10.4. The van der Waals surface area contributed by atoms with E-state index >= 15 is 0 Å². The van der Waals surface area contributed by atoms with Crippen LogP contribution in [0.5, 0.6) is 5.75 Å². The van der Waals surface area contributed by atoms with Gasteiger partial charge in [-0.25, -0.2) is 0 Å². The summed E-state index contributed by atoms with van der Waals surface area (Å²) in [6, 6.07) is 7.67. The molecule has 1 aromatic carbocycles. The van der Waals surface area contributed by atoms with Crippen molar-refractivity contribution in [1.82, 2.24) is 0 Å². The van der Waals surface area contributed by atoms with Crippen molar-refractivity contribution in [3.05, 3.63) is 29.8 Å². The summed E-state index contributed by atoms with van der Waals surface area (Å²) >= 11 is 0. The van der Waals surface area contributed by atoms with Crippen molar-refractivity contribution in [2.45, 2.75) is 58.3 Å². The molecule has 0 atom stereocenters. The van der Waals surface area contributed by atoms with E-state index < -0.39 is 0 Å². The van der Waals surface area contributed by atoms with Crippen LogP contribution in [0.25, 0.3) is 0 Å². The second-order valence-electron chi connectivity index (χ2n) is 4.50. The molecule has 1 aromatic rings. The van der Waals surface area contributed by atoms with E-state index in [-0.39, 0.29) is 48.9 Å². The van der Waals surface area contributed by atoms with Crippen molar-refractivity contribution in [2.24, 2.45) is 0 Å². The number of aromatic hydroxyl groups is 1. The molecule has 0 radical (unpaired) electrons. The average molecular weight is 360 g/mol. The van der Waals surface area contributed by atoms with Gasteiger partial charge in [0.15, 0.2) is 0 Å². The summed E-state index contributed by atoms with van der Waals surface area (Å²) in [5.74, 6) is 0.452. The van der Waals surface area contributed by atoms with Crippen LogP contribution in [0.1, 0.15) is 57.4 Å². The number of unbranched alkanes of at least 4 members (excludes halogenated alkanes) is 6. The molecule has 2 heteroatoms. The number of para-hydroxylation sites is 1. The van der Waals surface area contributed by atoms with Gasteiger partial charge in [0.2, 0.25) is 0 Å². The number of phenolic OH excluding ortho intramolecular Hbond substituents is 1. The fraction of sp³-hybridized carbons (Fsp3) is 0.600. The zero-order chi connectivity index (χ0) is 11.6. The summed E-state index contributed by atoms with van der Waals surface area (Å²) in [6.45, 7) is 2.25. The van der Waals surface area contributed by atoms with Crippen molar-refractivity contribution in [3.63, 3.8) is 0 Å². The third kappa shape index (κ3) is 8.33. The van der Waals surface area contributed by atoms with Crippen molar-refractivity contribution < 1.29 is 5.11 Å². The molecular weight excluding hydrogens is 333 g/mol. The molecule has 17 heavy (non-hydrogen) atoms. The fourth-order valence-corrected chi connectivity index (χ4v) is 1.99. The predicted molar refractivity (Wildman–Crippen MR) is 78.3 cm³/mol. The van der Waals surface area contributed by atoms with Gasteiger partial charge in [0.1, 0.15) is 5.75 Å². The van der Waals surface area contributed by atoms with Crippen LogP contribution < -0.4 is 0 Å². The first-order chi connectivity index (χ1) is 7.84. The summed E-state index contributed by atoms with van der Waals surface area (Å²) in [7, 11) is 0. The quantitative estimate of drug-likeness (QED) is 0.553. The molecule has 0 saturated carbocycles. The first-order valence-corrected chi connectivity index (χ1v) is 6.61. The van der Waals surface area contributed by atoms with Crippen molar-refractivity contribution in [3.8, 4) is 5.75 Å². The van der Waals surface area contributed by atoms with E-state index in [0.29, 0.717) is 5.75 Å². The van der Waals surface area contributed by atoms with Gasteiger partial charge in [-0.3, -0.25) is 0 Å². The Kier molecular flexibility index (Phi) is 12.1. The number of benzene rings is 1. The van der Waals surface area contributed by atoms with Gasteiger partial charge in [0.25, 0.3) is 0 Å². The van der Waals surface area contributed by atoms with Gasteiger partial charge >= 0.3 is 48.9 Å². The van der Waals surface area contributed by atoms with Gasteiger partial charge in [0, 0.05) is 0 Å². The molecule has 0 aromatic heterocycles. The molecule has 1 nitrogen and oxygen atoms in total. The van der Waals surface area contributed by atoms with E-state index in [2.05, 4.69) is 6.92 Å². The summed E-state index contributed by atoms with van der Waals surface area (Å²) < 4.78 is 0. The Morgan fingerprint density at radius 2 is 1.47 bits per heavy atom. The molecule has 0 bridgehead atoms. The third-order valence-electron chi connectivity index (χ3n) is 3.04. The first kappa shape index (κ1) is 17.6. The molecule has 0 aliphatic carbocycles. The number of hydrogen-bond acceptors (Lipinski definition) is 1. The molecule has 0 aliphatic rings. The van der Waals surface area contributed by atoms with Crippen LogP contribution in [0.4, 0.5) is 0 Å². The predicted octanol–water partition coefficient (Wildman–Crippen LogP) is 3.77. The van der Waals surface area contributed by atoms with E-state index in [0.717, 1.165) is 12.0 Å². The summed E-state index contributed by atoms with van der Waals surface area (Å²) in [5.41, 5.74) is 1.09. The molecule has 0 fully saturated rings. The minimum absolute atomic E-state index is 0. The Labute approximate surface area is 146 Å². The Hall–Kier alpha value is 0.591. The van der Waals surface area contributed by atoms with Crippen LogP contribution >= 0.6 is 0 Å². The molecule has 0 amide bonds. The summed E-state index contributed by atoms with van der Waals surface area (Å²) in [6.07, 6.45) is 10.3. The monoisotopic (exact) mass is 360 g/mol. The van der Waals surface area contributed by atoms with E-state index in [1.165, 1.54) is 44.9 Å². The Balaban J connectivity index is 0.00000256. The van der Waals surface area contributed by atoms with Gasteiger partial charge in [-0.1, -0.05) is 63.6 Å². The van der Waals surface area contributed by atoms with Crippen LogP contribution in [0.2, 0.25) is 0 Å². The number of phenols is 1. The second kappa shape index (κ2) is 11.7. The Bertz CT molecular complexity index is 286. The van der Waals surface area contributed by atoms with Crippen LogP contribution in [0.15, 0.2) is 24.3 Å². The van der Waals surface area contributed by atoms with E-state index in [1.807, 2.05) is 18.2 Å². The molecule has 0 aliphatic heterocycles.